The van der Waals surface area contributed by atoms with Gasteiger partial charge in [0.1, 0.15) is 0 Å². The van der Waals surface area contributed by atoms with E-state index in [1.165, 1.54) is 5.41 Å². The summed E-state index contributed by atoms with van der Waals surface area (Å²) >= 11 is 0. The molecule has 2 rings (SSSR count). The smallest absolute Gasteiger partial charge is 0.0992 e. The van der Waals surface area contributed by atoms with Gasteiger partial charge in [-0.2, -0.15) is 0 Å². The van der Waals surface area contributed by atoms with Gasteiger partial charge in [0.25, 0.3) is 0 Å². The Labute approximate surface area is 85.3 Å². The van der Waals surface area contributed by atoms with Crippen molar-refractivity contribution in [3.8, 4) is 0 Å². The molecule has 0 bridgehead atoms. The van der Waals surface area contributed by atoms with Crippen LogP contribution in [-0.2, 0) is 28.0 Å². The lowest BCUT2D eigenvalue weighted by Gasteiger charge is -1.91. The molecule has 2 aliphatic heterocycles. The van der Waals surface area contributed by atoms with Crippen molar-refractivity contribution in [2.75, 3.05) is 19.0 Å². The molecule has 0 aliphatic carbocycles. The van der Waals surface area contributed by atoms with Crippen molar-refractivity contribution in [3.05, 3.63) is 11.5 Å². The van der Waals surface area contributed by atoms with E-state index in [2.05, 4.69) is 15.9 Å². The van der Waals surface area contributed by atoms with Crippen LogP contribution >= 0.6 is 0 Å². The highest BCUT2D eigenvalue weighted by atomic mass is 32.2. The zero-order chi connectivity index (χ0) is 10.7. The standard InChI is InChI=1S/C4H8O2S.C4H6O2S/c2*1-7(5)4-2-3-6-7/h1-4H2;2,4H,1,3H2. The van der Waals surface area contributed by atoms with Gasteiger partial charge in [-0.05, 0) is 24.2 Å². The summed E-state index contributed by atoms with van der Waals surface area (Å²) in [5, 5.41) is 1.49. The van der Waals surface area contributed by atoms with E-state index in [9.17, 15) is 8.42 Å². The summed E-state index contributed by atoms with van der Waals surface area (Å²) in [6.07, 6.45) is 2.61. The molecule has 2 heterocycles. The molecule has 0 amide bonds. The molecule has 0 aromatic carbocycles. The fourth-order valence-electron chi connectivity index (χ4n) is 0.928. The van der Waals surface area contributed by atoms with E-state index < -0.39 is 19.6 Å². The predicted octanol–water partition coefficient (Wildman–Crippen LogP) is 0.200. The van der Waals surface area contributed by atoms with Gasteiger partial charge in [0.05, 0.1) is 32.8 Å². The zero-order valence-electron chi connectivity index (χ0n) is 7.85. The van der Waals surface area contributed by atoms with Crippen LogP contribution in [0.15, 0.2) is 11.5 Å². The molecule has 0 N–H and O–H groups in total. The molecule has 82 valence electrons. The van der Waals surface area contributed by atoms with Crippen molar-refractivity contribution in [1.82, 2.24) is 0 Å². The summed E-state index contributed by atoms with van der Waals surface area (Å²) in [7, 11) is -4.27. The minimum Gasteiger partial charge on any atom is -0.298 e. The molecule has 0 saturated carbocycles. The summed E-state index contributed by atoms with van der Waals surface area (Å²) in [6, 6.07) is 0. The molecule has 4 nitrogen and oxygen atoms in total. The third-order valence-corrected chi connectivity index (χ3v) is 4.21. The van der Waals surface area contributed by atoms with Crippen LogP contribution in [0.25, 0.3) is 0 Å². The second-order valence-electron chi connectivity index (χ2n) is 2.94. The van der Waals surface area contributed by atoms with Crippen molar-refractivity contribution < 1.29 is 16.8 Å². The molecule has 1 fully saturated rings. The van der Waals surface area contributed by atoms with Gasteiger partial charge in [-0.25, -0.2) is 8.42 Å². The lowest BCUT2D eigenvalue weighted by molar-refractivity contribution is 0.380. The average Bonchev–Trinajstić information content (AvgIpc) is 2.60. The minimum atomic E-state index is -2.23. The topological polar surface area (TPSA) is 52.6 Å². The molecule has 2 unspecified atom stereocenters. The highest BCUT2D eigenvalue weighted by molar-refractivity contribution is 7.98. The third-order valence-electron chi connectivity index (χ3n) is 1.57. The van der Waals surface area contributed by atoms with Crippen LogP contribution in [0.4, 0.5) is 0 Å². The molecule has 0 spiro atoms. The number of rotatable bonds is 0. The third kappa shape index (κ3) is 4.28. The van der Waals surface area contributed by atoms with Crippen molar-refractivity contribution >= 4 is 31.3 Å². The average molecular weight is 238 g/mol. The molecule has 0 radical (unpaired) electrons. The predicted molar refractivity (Wildman–Crippen MR) is 61.1 cm³/mol. The Balaban J connectivity index is 0.000000140. The van der Waals surface area contributed by atoms with Crippen LogP contribution < -0.4 is 0 Å². The maximum Gasteiger partial charge on any atom is 0.0992 e. The Bertz CT molecular complexity index is 391. The van der Waals surface area contributed by atoms with E-state index in [0.717, 1.165) is 6.42 Å². The Morgan fingerprint density at radius 2 is 1.93 bits per heavy atom. The van der Waals surface area contributed by atoms with Gasteiger partial charge in [-0.1, -0.05) is 0 Å². The Morgan fingerprint density at radius 1 is 1.21 bits per heavy atom. The summed E-state index contributed by atoms with van der Waals surface area (Å²) in [5.41, 5.74) is 0. The first-order chi connectivity index (χ1) is 6.41. The first-order valence-corrected chi connectivity index (χ1v) is 7.62. The molecule has 2 atom stereocenters. The van der Waals surface area contributed by atoms with Crippen LogP contribution in [0.2, 0.25) is 0 Å². The van der Waals surface area contributed by atoms with E-state index in [1.807, 2.05) is 0 Å². The van der Waals surface area contributed by atoms with Gasteiger partial charge in [-0.15, -0.1) is 0 Å². The van der Waals surface area contributed by atoms with Crippen molar-refractivity contribution in [2.45, 2.75) is 6.42 Å². The van der Waals surface area contributed by atoms with Gasteiger partial charge in [0, 0.05) is 11.2 Å². The van der Waals surface area contributed by atoms with Crippen LogP contribution in [0.5, 0.6) is 0 Å². The molecule has 14 heavy (non-hydrogen) atoms. The SMILES string of the molecule is C=S1(=O)C=CCO1.C=S1(=O)CCCO1. The number of hydrogen-bond acceptors (Lipinski definition) is 4. The van der Waals surface area contributed by atoms with Crippen molar-refractivity contribution in [1.29, 1.82) is 0 Å². The monoisotopic (exact) mass is 238 g/mol. The summed E-state index contributed by atoms with van der Waals surface area (Å²) in [5.74, 6) is 7.31. The molecule has 1 saturated heterocycles. The van der Waals surface area contributed by atoms with Crippen molar-refractivity contribution in [3.63, 3.8) is 0 Å². The second kappa shape index (κ2) is 4.48. The van der Waals surface area contributed by atoms with E-state index in [1.54, 1.807) is 6.08 Å². The van der Waals surface area contributed by atoms with Gasteiger partial charge in [-0.3, -0.25) is 8.37 Å². The fraction of sp³-hybridized carbons (Fsp3) is 0.500. The van der Waals surface area contributed by atoms with Crippen LogP contribution in [-0.4, -0.2) is 39.1 Å². The lowest BCUT2D eigenvalue weighted by Crippen LogP contribution is -1.96. The number of hydrogen-bond donors (Lipinski definition) is 0. The van der Waals surface area contributed by atoms with Crippen LogP contribution in [0.3, 0.4) is 0 Å². The Hall–Kier alpha value is -0.300. The largest absolute Gasteiger partial charge is 0.298 e. The second-order valence-corrected chi connectivity index (χ2v) is 6.91. The Morgan fingerprint density at radius 3 is 2.07 bits per heavy atom. The molecule has 0 aromatic heterocycles. The summed E-state index contributed by atoms with van der Waals surface area (Å²) in [6.45, 7) is 1.07. The van der Waals surface area contributed by atoms with Gasteiger partial charge in [0.2, 0.25) is 0 Å². The maximum absolute atomic E-state index is 10.7. The summed E-state index contributed by atoms with van der Waals surface area (Å²) < 4.78 is 30.6. The lowest BCUT2D eigenvalue weighted by atomic mass is 10.5. The normalized spacial score (nSPS) is 40.6. The first kappa shape index (κ1) is 11.8. The molecule has 0 aromatic rings. The van der Waals surface area contributed by atoms with Crippen LogP contribution in [0, 0.1) is 0 Å². The summed E-state index contributed by atoms with van der Waals surface area (Å²) in [4.78, 5) is 0. The van der Waals surface area contributed by atoms with Gasteiger partial charge in [0.15, 0.2) is 0 Å². The minimum absolute atomic E-state index is 0.447. The van der Waals surface area contributed by atoms with Gasteiger partial charge < -0.3 is 0 Å². The molecular weight excluding hydrogens is 224 g/mol. The fourth-order valence-corrected chi connectivity index (χ4v) is 2.78. The quantitative estimate of drug-likeness (QED) is 0.566. The van der Waals surface area contributed by atoms with Gasteiger partial charge >= 0.3 is 0 Å². The van der Waals surface area contributed by atoms with E-state index in [4.69, 9.17) is 4.18 Å². The van der Waals surface area contributed by atoms with E-state index in [-0.39, 0.29) is 0 Å². The molecular formula is C8H14O4S2. The van der Waals surface area contributed by atoms with Crippen LogP contribution in [0.1, 0.15) is 6.42 Å². The maximum atomic E-state index is 10.7. The zero-order valence-corrected chi connectivity index (χ0v) is 9.48. The molecule has 6 heteroatoms. The molecule has 2 aliphatic rings. The Kier molecular flexibility index (Phi) is 3.77. The van der Waals surface area contributed by atoms with Crippen molar-refractivity contribution in [2.24, 2.45) is 0 Å². The highest BCUT2D eigenvalue weighted by Gasteiger charge is 2.10. The van der Waals surface area contributed by atoms with E-state index in [0.29, 0.717) is 19.0 Å². The van der Waals surface area contributed by atoms with E-state index >= 15 is 0 Å². The highest BCUT2D eigenvalue weighted by Crippen LogP contribution is 2.05. The first-order valence-electron chi connectivity index (χ1n) is 4.09.